The molecule has 0 aromatic rings. The van der Waals surface area contributed by atoms with Crippen LogP contribution in [0.4, 0.5) is 0 Å². The Morgan fingerprint density at radius 2 is 2.11 bits per heavy atom. The van der Waals surface area contributed by atoms with Gasteiger partial charge in [-0.15, -0.1) is 0 Å². The van der Waals surface area contributed by atoms with Gasteiger partial charge in [0, 0.05) is 24.9 Å². The van der Waals surface area contributed by atoms with Crippen molar-refractivity contribution in [3.05, 3.63) is 0 Å². The molecule has 106 valence electrons. The van der Waals surface area contributed by atoms with E-state index >= 15 is 0 Å². The van der Waals surface area contributed by atoms with Crippen molar-refractivity contribution in [2.75, 3.05) is 20.3 Å². The van der Waals surface area contributed by atoms with Crippen LogP contribution in [0.25, 0.3) is 0 Å². The quantitative estimate of drug-likeness (QED) is 0.697. The number of hydrogen-bond acceptors (Lipinski definition) is 2. The molecule has 0 spiro atoms. The lowest BCUT2D eigenvalue weighted by molar-refractivity contribution is -0.121. The molecule has 1 atom stereocenters. The minimum atomic E-state index is 0.206. The number of rotatable bonds is 8. The Kier molecular flexibility index (Phi) is 8.68. The Morgan fingerprint density at radius 1 is 1.39 bits per heavy atom. The van der Waals surface area contributed by atoms with Crippen LogP contribution in [0.2, 0.25) is 0 Å². The highest BCUT2D eigenvalue weighted by Gasteiger charge is 2.14. The molecule has 0 aromatic heterocycles. The summed E-state index contributed by atoms with van der Waals surface area (Å²) in [7, 11) is 1.69. The first-order valence-electron chi connectivity index (χ1n) is 7.12. The Hall–Kier alpha value is -0.0900. The van der Waals surface area contributed by atoms with E-state index in [1.54, 1.807) is 7.11 Å². The van der Waals surface area contributed by atoms with Crippen LogP contribution >= 0.6 is 15.9 Å². The first-order valence-corrected chi connectivity index (χ1v) is 8.03. The molecule has 0 saturated heterocycles. The molecule has 4 heteroatoms. The molecular weight excluding hydrogens is 294 g/mol. The van der Waals surface area contributed by atoms with Crippen molar-refractivity contribution in [3.8, 4) is 0 Å². The summed E-state index contributed by atoms with van der Waals surface area (Å²) in [4.78, 5) is 12.0. The Balaban J connectivity index is 1.99. The van der Waals surface area contributed by atoms with Crippen molar-refractivity contribution in [3.63, 3.8) is 0 Å². The standard InChI is InChI=1S/C14H26BrNO2/c1-18-11-13(15)9-10-16-14(17)8-7-12-5-3-2-4-6-12/h12-13H,2-11H2,1H3,(H,16,17). The Labute approximate surface area is 119 Å². The van der Waals surface area contributed by atoms with Crippen LogP contribution in [-0.4, -0.2) is 31.0 Å². The largest absolute Gasteiger partial charge is 0.384 e. The van der Waals surface area contributed by atoms with E-state index in [2.05, 4.69) is 21.2 Å². The summed E-state index contributed by atoms with van der Waals surface area (Å²) in [5.74, 6) is 1.000. The van der Waals surface area contributed by atoms with E-state index in [4.69, 9.17) is 4.74 Å². The van der Waals surface area contributed by atoms with Crippen molar-refractivity contribution >= 4 is 21.8 Å². The van der Waals surface area contributed by atoms with Crippen LogP contribution in [0.15, 0.2) is 0 Å². The zero-order chi connectivity index (χ0) is 13.2. The summed E-state index contributed by atoms with van der Waals surface area (Å²) < 4.78 is 5.03. The topological polar surface area (TPSA) is 38.3 Å². The zero-order valence-corrected chi connectivity index (χ0v) is 13.0. The average molecular weight is 320 g/mol. The molecule has 3 nitrogen and oxygen atoms in total. The zero-order valence-electron chi connectivity index (χ0n) is 11.4. The third-order valence-electron chi connectivity index (χ3n) is 3.63. The van der Waals surface area contributed by atoms with E-state index in [0.29, 0.717) is 17.9 Å². The third kappa shape index (κ3) is 7.37. The van der Waals surface area contributed by atoms with Crippen LogP contribution in [0.1, 0.15) is 51.4 Å². The normalized spacial score (nSPS) is 18.6. The van der Waals surface area contributed by atoms with E-state index < -0.39 is 0 Å². The molecule has 1 fully saturated rings. The number of ether oxygens (including phenoxy) is 1. The predicted molar refractivity (Wildman–Crippen MR) is 78.0 cm³/mol. The van der Waals surface area contributed by atoms with Gasteiger partial charge in [-0.05, 0) is 18.8 Å². The van der Waals surface area contributed by atoms with Crippen molar-refractivity contribution in [2.45, 2.75) is 56.2 Å². The summed E-state index contributed by atoms with van der Waals surface area (Å²) in [5.41, 5.74) is 0. The van der Waals surface area contributed by atoms with E-state index in [1.165, 1.54) is 32.1 Å². The SMILES string of the molecule is COCC(Br)CCNC(=O)CCC1CCCCC1. The van der Waals surface area contributed by atoms with Gasteiger partial charge in [-0.1, -0.05) is 48.0 Å². The Bertz CT molecular complexity index is 230. The fourth-order valence-electron chi connectivity index (χ4n) is 2.53. The second kappa shape index (κ2) is 9.79. The van der Waals surface area contributed by atoms with Crippen LogP contribution in [-0.2, 0) is 9.53 Å². The molecule has 1 rings (SSSR count). The summed E-state index contributed by atoms with van der Waals surface area (Å²) in [5, 5.41) is 2.99. The molecule has 0 radical (unpaired) electrons. The highest BCUT2D eigenvalue weighted by atomic mass is 79.9. The number of amides is 1. The van der Waals surface area contributed by atoms with Crippen molar-refractivity contribution in [1.82, 2.24) is 5.32 Å². The highest BCUT2D eigenvalue weighted by molar-refractivity contribution is 9.09. The molecule has 1 saturated carbocycles. The number of carbonyl (C=O) groups excluding carboxylic acids is 1. The number of halogens is 1. The molecule has 1 aliphatic rings. The lowest BCUT2D eigenvalue weighted by Gasteiger charge is -2.21. The fraction of sp³-hybridized carbons (Fsp3) is 0.929. The van der Waals surface area contributed by atoms with Crippen LogP contribution in [0.3, 0.4) is 0 Å². The van der Waals surface area contributed by atoms with Gasteiger partial charge in [0.2, 0.25) is 5.91 Å². The molecule has 1 amide bonds. The van der Waals surface area contributed by atoms with Crippen molar-refractivity contribution in [1.29, 1.82) is 0 Å². The van der Waals surface area contributed by atoms with Gasteiger partial charge >= 0.3 is 0 Å². The second-order valence-electron chi connectivity index (χ2n) is 5.23. The monoisotopic (exact) mass is 319 g/mol. The van der Waals surface area contributed by atoms with Gasteiger partial charge in [0.05, 0.1) is 6.61 Å². The minimum absolute atomic E-state index is 0.206. The predicted octanol–water partition coefficient (Wildman–Crippen LogP) is 3.26. The van der Waals surface area contributed by atoms with Gasteiger partial charge in [0.25, 0.3) is 0 Å². The summed E-state index contributed by atoms with van der Waals surface area (Å²) in [6.45, 7) is 1.43. The second-order valence-corrected chi connectivity index (χ2v) is 6.53. The van der Waals surface area contributed by atoms with Gasteiger partial charge < -0.3 is 10.1 Å². The van der Waals surface area contributed by atoms with Crippen molar-refractivity contribution < 1.29 is 9.53 Å². The maximum Gasteiger partial charge on any atom is 0.220 e. The number of methoxy groups -OCH3 is 1. The highest BCUT2D eigenvalue weighted by Crippen LogP contribution is 2.27. The molecule has 1 unspecified atom stereocenters. The van der Waals surface area contributed by atoms with E-state index in [-0.39, 0.29) is 5.91 Å². The Morgan fingerprint density at radius 3 is 2.78 bits per heavy atom. The van der Waals surface area contributed by atoms with Crippen LogP contribution in [0, 0.1) is 5.92 Å². The van der Waals surface area contributed by atoms with Gasteiger partial charge in [-0.2, -0.15) is 0 Å². The molecular formula is C14H26BrNO2. The first kappa shape index (κ1) is 16.0. The number of nitrogens with one attached hydrogen (secondary N) is 1. The molecule has 0 aromatic carbocycles. The van der Waals surface area contributed by atoms with Gasteiger partial charge in [-0.25, -0.2) is 0 Å². The first-order chi connectivity index (χ1) is 8.72. The van der Waals surface area contributed by atoms with Gasteiger partial charge in [0.1, 0.15) is 0 Å². The molecule has 0 heterocycles. The van der Waals surface area contributed by atoms with E-state index in [9.17, 15) is 4.79 Å². The summed E-state index contributed by atoms with van der Waals surface area (Å²) >= 11 is 3.51. The molecule has 1 aliphatic carbocycles. The molecule has 0 bridgehead atoms. The van der Waals surface area contributed by atoms with E-state index in [0.717, 1.165) is 25.3 Å². The molecule has 0 aliphatic heterocycles. The van der Waals surface area contributed by atoms with E-state index in [1.807, 2.05) is 0 Å². The summed E-state index contributed by atoms with van der Waals surface area (Å²) in [6, 6.07) is 0. The third-order valence-corrected chi connectivity index (χ3v) is 4.35. The van der Waals surface area contributed by atoms with Crippen LogP contribution < -0.4 is 5.32 Å². The minimum Gasteiger partial charge on any atom is -0.384 e. The maximum atomic E-state index is 11.7. The summed E-state index contributed by atoms with van der Waals surface area (Å²) in [6.07, 6.45) is 9.43. The lowest BCUT2D eigenvalue weighted by Crippen LogP contribution is -2.27. The maximum absolute atomic E-state index is 11.7. The lowest BCUT2D eigenvalue weighted by atomic mass is 9.86. The number of hydrogen-bond donors (Lipinski definition) is 1. The number of carbonyl (C=O) groups is 1. The van der Waals surface area contributed by atoms with Gasteiger partial charge in [-0.3, -0.25) is 4.79 Å². The molecule has 1 N–H and O–H groups in total. The van der Waals surface area contributed by atoms with Gasteiger partial charge in [0.15, 0.2) is 0 Å². The average Bonchev–Trinajstić information content (AvgIpc) is 2.38. The molecule has 18 heavy (non-hydrogen) atoms. The van der Waals surface area contributed by atoms with Crippen molar-refractivity contribution in [2.24, 2.45) is 5.92 Å². The van der Waals surface area contributed by atoms with Crippen LogP contribution in [0.5, 0.6) is 0 Å². The smallest absolute Gasteiger partial charge is 0.220 e. The fourth-order valence-corrected chi connectivity index (χ4v) is 3.03. The number of alkyl halides is 1.